The van der Waals surface area contributed by atoms with Gasteiger partial charge in [-0.05, 0) is 35.7 Å². The molecular formula is C15H13BrFN. The van der Waals surface area contributed by atoms with Gasteiger partial charge < -0.3 is 5.32 Å². The Labute approximate surface area is 114 Å². The highest BCUT2D eigenvalue weighted by molar-refractivity contribution is 9.10. The molecule has 1 N–H and O–H groups in total. The van der Waals surface area contributed by atoms with E-state index in [9.17, 15) is 4.39 Å². The van der Waals surface area contributed by atoms with Crippen molar-refractivity contribution in [2.45, 2.75) is 12.3 Å². The topological polar surface area (TPSA) is 12.0 Å². The van der Waals surface area contributed by atoms with E-state index in [1.165, 1.54) is 17.2 Å². The van der Waals surface area contributed by atoms with Crippen LogP contribution in [0.5, 0.6) is 0 Å². The smallest absolute Gasteiger partial charge is 0.146 e. The van der Waals surface area contributed by atoms with Gasteiger partial charge in [-0.2, -0.15) is 0 Å². The Morgan fingerprint density at radius 2 is 2.06 bits per heavy atom. The SMILES string of the molecule is Fc1ccc(Br)cc1NCC1Cc2ccccc21. The molecule has 1 atom stereocenters. The van der Waals surface area contributed by atoms with Crippen molar-refractivity contribution < 1.29 is 4.39 Å². The number of rotatable bonds is 3. The fourth-order valence-electron chi connectivity index (χ4n) is 2.41. The van der Waals surface area contributed by atoms with Crippen LogP contribution in [0.25, 0.3) is 0 Å². The van der Waals surface area contributed by atoms with Crippen molar-refractivity contribution in [2.75, 3.05) is 11.9 Å². The number of fused-ring (bicyclic) bond motifs is 1. The van der Waals surface area contributed by atoms with Crippen LogP contribution in [0, 0.1) is 5.82 Å². The molecule has 3 rings (SSSR count). The quantitative estimate of drug-likeness (QED) is 0.889. The molecule has 0 radical (unpaired) electrons. The largest absolute Gasteiger partial charge is 0.382 e. The van der Waals surface area contributed by atoms with Gasteiger partial charge in [0.15, 0.2) is 0 Å². The highest BCUT2D eigenvalue weighted by Gasteiger charge is 2.25. The molecule has 0 saturated carbocycles. The van der Waals surface area contributed by atoms with Gasteiger partial charge in [0.2, 0.25) is 0 Å². The van der Waals surface area contributed by atoms with Crippen molar-refractivity contribution in [2.24, 2.45) is 0 Å². The fourth-order valence-corrected chi connectivity index (χ4v) is 2.77. The van der Waals surface area contributed by atoms with Gasteiger partial charge in [0, 0.05) is 16.9 Å². The molecule has 0 saturated heterocycles. The van der Waals surface area contributed by atoms with Crippen LogP contribution in [0.3, 0.4) is 0 Å². The van der Waals surface area contributed by atoms with Crippen molar-refractivity contribution in [3.8, 4) is 0 Å². The monoisotopic (exact) mass is 305 g/mol. The Hall–Kier alpha value is -1.35. The normalized spacial score (nSPS) is 16.9. The molecule has 1 unspecified atom stereocenters. The summed E-state index contributed by atoms with van der Waals surface area (Å²) in [6.45, 7) is 0.782. The second-order valence-electron chi connectivity index (χ2n) is 4.60. The van der Waals surface area contributed by atoms with E-state index in [0.29, 0.717) is 11.6 Å². The zero-order valence-corrected chi connectivity index (χ0v) is 11.4. The van der Waals surface area contributed by atoms with E-state index < -0.39 is 0 Å². The van der Waals surface area contributed by atoms with Crippen LogP contribution < -0.4 is 5.32 Å². The van der Waals surface area contributed by atoms with Crippen molar-refractivity contribution in [3.05, 3.63) is 63.9 Å². The average molecular weight is 306 g/mol. The van der Waals surface area contributed by atoms with Crippen molar-refractivity contribution in [1.29, 1.82) is 0 Å². The van der Waals surface area contributed by atoms with E-state index in [4.69, 9.17) is 0 Å². The first-order chi connectivity index (χ1) is 8.74. The van der Waals surface area contributed by atoms with Gasteiger partial charge >= 0.3 is 0 Å². The van der Waals surface area contributed by atoms with Gasteiger partial charge in [-0.1, -0.05) is 40.2 Å². The molecule has 0 aliphatic heterocycles. The molecule has 0 aromatic heterocycles. The third kappa shape index (κ3) is 2.15. The Kier molecular flexibility index (Phi) is 3.08. The van der Waals surface area contributed by atoms with E-state index in [1.54, 1.807) is 12.1 Å². The van der Waals surface area contributed by atoms with Crippen molar-refractivity contribution in [3.63, 3.8) is 0 Å². The summed E-state index contributed by atoms with van der Waals surface area (Å²) in [5.74, 6) is 0.297. The maximum atomic E-state index is 13.6. The summed E-state index contributed by atoms with van der Waals surface area (Å²) in [6.07, 6.45) is 1.08. The predicted octanol–water partition coefficient (Wildman–Crippen LogP) is 4.34. The lowest BCUT2D eigenvalue weighted by atomic mass is 9.77. The van der Waals surface area contributed by atoms with E-state index in [2.05, 4.69) is 45.5 Å². The number of hydrogen-bond donors (Lipinski definition) is 1. The maximum absolute atomic E-state index is 13.6. The summed E-state index contributed by atoms with van der Waals surface area (Å²) in [6, 6.07) is 13.4. The summed E-state index contributed by atoms with van der Waals surface area (Å²) in [5.41, 5.74) is 3.37. The Balaban J connectivity index is 1.68. The van der Waals surface area contributed by atoms with Crippen LogP contribution >= 0.6 is 15.9 Å². The third-order valence-electron chi connectivity index (χ3n) is 3.43. The summed E-state index contributed by atoms with van der Waals surface area (Å²) in [7, 11) is 0. The van der Waals surface area contributed by atoms with Gasteiger partial charge in [-0.25, -0.2) is 4.39 Å². The predicted molar refractivity (Wildman–Crippen MR) is 75.5 cm³/mol. The Morgan fingerprint density at radius 3 is 2.89 bits per heavy atom. The Morgan fingerprint density at radius 1 is 1.22 bits per heavy atom. The molecular weight excluding hydrogens is 293 g/mol. The van der Waals surface area contributed by atoms with Crippen molar-refractivity contribution in [1.82, 2.24) is 0 Å². The highest BCUT2D eigenvalue weighted by Crippen LogP contribution is 2.35. The number of benzene rings is 2. The Bertz CT molecular complexity index is 582. The lowest BCUT2D eigenvalue weighted by Gasteiger charge is -2.30. The van der Waals surface area contributed by atoms with E-state index in [-0.39, 0.29) is 5.82 Å². The number of nitrogens with one attached hydrogen (secondary N) is 1. The number of hydrogen-bond acceptors (Lipinski definition) is 1. The van der Waals surface area contributed by atoms with Gasteiger partial charge in [0.05, 0.1) is 5.69 Å². The summed E-state index contributed by atoms with van der Waals surface area (Å²) >= 11 is 3.35. The molecule has 92 valence electrons. The molecule has 1 aliphatic rings. The first-order valence-corrected chi connectivity index (χ1v) is 6.80. The maximum Gasteiger partial charge on any atom is 0.146 e. The van der Waals surface area contributed by atoms with E-state index in [1.807, 2.05) is 0 Å². The number of halogens is 2. The van der Waals surface area contributed by atoms with Gasteiger partial charge in [-0.15, -0.1) is 0 Å². The third-order valence-corrected chi connectivity index (χ3v) is 3.92. The minimum absolute atomic E-state index is 0.203. The van der Waals surface area contributed by atoms with Crippen LogP contribution in [-0.2, 0) is 6.42 Å². The molecule has 18 heavy (non-hydrogen) atoms. The molecule has 0 fully saturated rings. The summed E-state index contributed by atoms with van der Waals surface area (Å²) < 4.78 is 14.4. The average Bonchev–Trinajstić information content (AvgIpc) is 2.34. The van der Waals surface area contributed by atoms with Crippen LogP contribution in [0.4, 0.5) is 10.1 Å². The van der Waals surface area contributed by atoms with Crippen LogP contribution in [0.15, 0.2) is 46.9 Å². The molecule has 2 aromatic carbocycles. The minimum atomic E-state index is -0.203. The molecule has 0 amide bonds. The molecule has 1 nitrogen and oxygen atoms in total. The first kappa shape index (κ1) is 11.7. The summed E-state index contributed by atoms with van der Waals surface area (Å²) in [4.78, 5) is 0. The number of anilines is 1. The lowest BCUT2D eigenvalue weighted by molar-refractivity contribution is 0.614. The van der Waals surface area contributed by atoms with Crippen LogP contribution in [0.1, 0.15) is 17.0 Å². The molecule has 0 bridgehead atoms. The van der Waals surface area contributed by atoms with Gasteiger partial charge in [0.25, 0.3) is 0 Å². The molecule has 1 aliphatic carbocycles. The first-order valence-electron chi connectivity index (χ1n) is 6.01. The van der Waals surface area contributed by atoms with Crippen LogP contribution in [0.2, 0.25) is 0 Å². The lowest BCUT2D eigenvalue weighted by Crippen LogP contribution is -2.24. The fraction of sp³-hybridized carbons (Fsp3) is 0.200. The van der Waals surface area contributed by atoms with Crippen molar-refractivity contribution >= 4 is 21.6 Å². The van der Waals surface area contributed by atoms with E-state index in [0.717, 1.165) is 17.4 Å². The second-order valence-corrected chi connectivity index (χ2v) is 5.52. The zero-order chi connectivity index (χ0) is 12.5. The molecule has 0 heterocycles. The summed E-state index contributed by atoms with van der Waals surface area (Å²) in [5, 5.41) is 3.19. The van der Waals surface area contributed by atoms with E-state index >= 15 is 0 Å². The molecule has 0 spiro atoms. The second kappa shape index (κ2) is 4.73. The minimum Gasteiger partial charge on any atom is -0.382 e. The van der Waals surface area contributed by atoms with Crippen LogP contribution in [-0.4, -0.2) is 6.54 Å². The highest BCUT2D eigenvalue weighted by atomic mass is 79.9. The molecule has 2 aromatic rings. The molecule has 3 heteroatoms. The van der Waals surface area contributed by atoms with Gasteiger partial charge in [0.1, 0.15) is 5.82 Å². The standard InChI is InChI=1S/C15H13BrFN/c16-12-5-6-14(17)15(8-12)18-9-11-7-10-3-1-2-4-13(10)11/h1-6,8,11,18H,7,9H2. The van der Waals surface area contributed by atoms with Gasteiger partial charge in [-0.3, -0.25) is 0 Å². The zero-order valence-electron chi connectivity index (χ0n) is 9.79.